The molecule has 2 fully saturated rings. The number of nitrogens with one attached hydrogen (secondary N) is 2. The number of benzene rings is 1. The number of hydrogen-bond donors (Lipinski definition) is 3. The van der Waals surface area contributed by atoms with Gasteiger partial charge in [0.25, 0.3) is 0 Å². The summed E-state index contributed by atoms with van der Waals surface area (Å²) >= 11 is 0. The second-order valence-electron chi connectivity index (χ2n) is 8.55. The van der Waals surface area contributed by atoms with Crippen molar-refractivity contribution in [3.05, 3.63) is 29.6 Å². The highest BCUT2D eigenvalue weighted by molar-refractivity contribution is 5.93. The SMILES string of the molecule is Cc1ccc(NC(=O)[C@H]2C[C@@H](CN)CN(C(=O)N3C[C@@H](C)N[C@@H](C)C3)C2)cc1F. The number of amides is 3. The average molecular weight is 406 g/mol. The van der Waals surface area contributed by atoms with Gasteiger partial charge in [-0.15, -0.1) is 0 Å². The summed E-state index contributed by atoms with van der Waals surface area (Å²) in [6.45, 7) is 8.42. The summed E-state index contributed by atoms with van der Waals surface area (Å²) in [7, 11) is 0. The van der Waals surface area contributed by atoms with Crippen LogP contribution in [0.15, 0.2) is 18.2 Å². The van der Waals surface area contributed by atoms with Crippen molar-refractivity contribution in [2.75, 3.05) is 38.0 Å². The number of nitrogens with zero attached hydrogens (tertiary/aromatic N) is 2. The highest BCUT2D eigenvalue weighted by Gasteiger charge is 2.36. The molecule has 160 valence electrons. The quantitative estimate of drug-likeness (QED) is 0.715. The monoisotopic (exact) mass is 405 g/mol. The van der Waals surface area contributed by atoms with Gasteiger partial charge in [0.2, 0.25) is 5.91 Å². The van der Waals surface area contributed by atoms with Crippen molar-refractivity contribution in [3.63, 3.8) is 0 Å². The van der Waals surface area contributed by atoms with E-state index >= 15 is 0 Å². The fourth-order valence-electron chi connectivity index (χ4n) is 4.32. The van der Waals surface area contributed by atoms with Gasteiger partial charge in [-0.05, 0) is 57.4 Å². The van der Waals surface area contributed by atoms with E-state index in [0.717, 1.165) is 0 Å². The van der Waals surface area contributed by atoms with Crippen LogP contribution < -0.4 is 16.4 Å². The van der Waals surface area contributed by atoms with Crippen molar-refractivity contribution < 1.29 is 14.0 Å². The number of aryl methyl sites for hydroxylation is 1. The standard InChI is InChI=1S/C21H32FN5O2/c1-13-4-5-18(7-19(13)22)25-20(28)17-6-16(8-23)11-27(12-17)21(29)26-9-14(2)24-15(3)10-26/h4-5,7,14-17,24H,6,8-12,23H2,1-3H3,(H,25,28)/t14-,15+,16-,17-/m0/s1. The molecule has 0 radical (unpaired) electrons. The number of hydrogen-bond acceptors (Lipinski definition) is 4. The molecular weight excluding hydrogens is 373 g/mol. The van der Waals surface area contributed by atoms with Crippen molar-refractivity contribution in [2.45, 2.75) is 39.3 Å². The first kappa shape index (κ1) is 21.5. The maximum absolute atomic E-state index is 13.8. The Morgan fingerprint density at radius 3 is 2.45 bits per heavy atom. The molecule has 0 aliphatic carbocycles. The predicted molar refractivity (Wildman–Crippen MR) is 111 cm³/mol. The maximum atomic E-state index is 13.8. The molecule has 2 aliphatic heterocycles. The van der Waals surface area contributed by atoms with E-state index in [0.29, 0.717) is 50.4 Å². The summed E-state index contributed by atoms with van der Waals surface area (Å²) in [4.78, 5) is 29.6. The minimum absolute atomic E-state index is 0.0393. The van der Waals surface area contributed by atoms with Crippen LogP contribution in [0, 0.1) is 24.6 Å². The van der Waals surface area contributed by atoms with Crippen LogP contribution in [-0.4, -0.2) is 66.5 Å². The molecule has 0 saturated carbocycles. The van der Waals surface area contributed by atoms with E-state index in [-0.39, 0.29) is 41.7 Å². The van der Waals surface area contributed by atoms with Crippen LogP contribution >= 0.6 is 0 Å². The minimum Gasteiger partial charge on any atom is -0.330 e. The van der Waals surface area contributed by atoms with Gasteiger partial charge in [-0.1, -0.05) is 6.07 Å². The van der Waals surface area contributed by atoms with E-state index in [1.54, 1.807) is 24.0 Å². The number of carbonyl (C=O) groups is 2. The zero-order chi connectivity index (χ0) is 21.1. The highest BCUT2D eigenvalue weighted by Crippen LogP contribution is 2.25. The first-order valence-corrected chi connectivity index (χ1v) is 10.3. The fraction of sp³-hybridized carbons (Fsp3) is 0.619. The van der Waals surface area contributed by atoms with Gasteiger partial charge in [0.05, 0.1) is 5.92 Å². The molecule has 2 aliphatic rings. The highest BCUT2D eigenvalue weighted by atomic mass is 19.1. The molecule has 2 saturated heterocycles. The van der Waals surface area contributed by atoms with Gasteiger partial charge in [0, 0.05) is 44.0 Å². The lowest BCUT2D eigenvalue weighted by Gasteiger charge is -2.42. The topological polar surface area (TPSA) is 90.7 Å². The third-order valence-corrected chi connectivity index (χ3v) is 5.78. The molecule has 0 bridgehead atoms. The van der Waals surface area contributed by atoms with Crippen LogP contribution in [0.3, 0.4) is 0 Å². The number of rotatable bonds is 3. The largest absolute Gasteiger partial charge is 0.330 e. The molecule has 8 heteroatoms. The Bertz CT molecular complexity index is 749. The van der Waals surface area contributed by atoms with E-state index < -0.39 is 0 Å². The van der Waals surface area contributed by atoms with Gasteiger partial charge in [-0.3, -0.25) is 4.79 Å². The summed E-state index contributed by atoms with van der Waals surface area (Å²) in [5.74, 6) is -0.865. The molecule has 3 amide bonds. The summed E-state index contributed by atoms with van der Waals surface area (Å²) in [6.07, 6.45) is 0.620. The fourth-order valence-corrected chi connectivity index (χ4v) is 4.32. The van der Waals surface area contributed by atoms with Gasteiger partial charge in [0.15, 0.2) is 0 Å². The number of likely N-dealkylation sites (tertiary alicyclic amines) is 1. The van der Waals surface area contributed by atoms with Crippen LogP contribution in [0.5, 0.6) is 0 Å². The molecule has 1 aromatic carbocycles. The molecule has 1 aromatic rings. The number of piperidine rings is 1. The molecule has 7 nitrogen and oxygen atoms in total. The van der Waals surface area contributed by atoms with E-state index in [1.807, 2.05) is 4.90 Å². The molecule has 3 rings (SSSR count). The Kier molecular flexibility index (Phi) is 6.74. The molecule has 2 heterocycles. The number of urea groups is 1. The molecule has 4 atom stereocenters. The summed E-state index contributed by atoms with van der Waals surface area (Å²) < 4.78 is 13.8. The van der Waals surface area contributed by atoms with Crippen LogP contribution in [0.2, 0.25) is 0 Å². The number of halogens is 1. The second-order valence-corrected chi connectivity index (χ2v) is 8.55. The Morgan fingerprint density at radius 1 is 1.17 bits per heavy atom. The van der Waals surface area contributed by atoms with Crippen molar-refractivity contribution in [1.82, 2.24) is 15.1 Å². The Hall–Kier alpha value is -2.19. The Labute approximate surface area is 171 Å². The zero-order valence-electron chi connectivity index (χ0n) is 17.5. The van der Waals surface area contributed by atoms with Gasteiger partial charge < -0.3 is 26.2 Å². The van der Waals surface area contributed by atoms with Crippen LogP contribution in [0.4, 0.5) is 14.9 Å². The Balaban J connectivity index is 1.68. The van der Waals surface area contributed by atoms with Gasteiger partial charge in [-0.2, -0.15) is 0 Å². The first-order chi connectivity index (χ1) is 13.8. The number of anilines is 1. The summed E-state index contributed by atoms with van der Waals surface area (Å²) in [5, 5.41) is 6.22. The third-order valence-electron chi connectivity index (χ3n) is 5.78. The van der Waals surface area contributed by atoms with Crippen LogP contribution in [0.1, 0.15) is 25.8 Å². The lowest BCUT2D eigenvalue weighted by Crippen LogP contribution is -2.60. The smallest absolute Gasteiger partial charge is 0.320 e. The summed E-state index contributed by atoms with van der Waals surface area (Å²) in [5.41, 5.74) is 6.85. The summed E-state index contributed by atoms with van der Waals surface area (Å²) in [6, 6.07) is 5.07. The molecule has 0 spiro atoms. The van der Waals surface area contributed by atoms with E-state index in [4.69, 9.17) is 5.73 Å². The average Bonchev–Trinajstić information content (AvgIpc) is 2.69. The van der Waals surface area contributed by atoms with Crippen molar-refractivity contribution in [2.24, 2.45) is 17.6 Å². The van der Waals surface area contributed by atoms with Gasteiger partial charge >= 0.3 is 6.03 Å². The number of piperazine rings is 1. The van der Waals surface area contributed by atoms with E-state index in [1.165, 1.54) is 6.07 Å². The zero-order valence-corrected chi connectivity index (χ0v) is 17.5. The van der Waals surface area contributed by atoms with E-state index in [2.05, 4.69) is 24.5 Å². The number of nitrogens with two attached hydrogens (primary N) is 1. The molecule has 0 aromatic heterocycles. The maximum Gasteiger partial charge on any atom is 0.320 e. The molecule has 4 N–H and O–H groups in total. The molecular formula is C21H32FN5O2. The molecule has 29 heavy (non-hydrogen) atoms. The van der Waals surface area contributed by atoms with E-state index in [9.17, 15) is 14.0 Å². The van der Waals surface area contributed by atoms with Crippen molar-refractivity contribution >= 4 is 17.6 Å². The van der Waals surface area contributed by atoms with Gasteiger partial charge in [0.1, 0.15) is 5.82 Å². The minimum atomic E-state index is -0.372. The second kappa shape index (κ2) is 9.09. The normalized spacial score (nSPS) is 27.6. The lowest BCUT2D eigenvalue weighted by molar-refractivity contribution is -0.121. The third kappa shape index (κ3) is 5.25. The van der Waals surface area contributed by atoms with Crippen LogP contribution in [0.25, 0.3) is 0 Å². The first-order valence-electron chi connectivity index (χ1n) is 10.3. The van der Waals surface area contributed by atoms with Crippen molar-refractivity contribution in [1.29, 1.82) is 0 Å². The lowest BCUT2D eigenvalue weighted by atomic mass is 9.88. The predicted octanol–water partition coefficient (Wildman–Crippen LogP) is 1.77. The van der Waals surface area contributed by atoms with Gasteiger partial charge in [-0.25, -0.2) is 9.18 Å². The van der Waals surface area contributed by atoms with Crippen molar-refractivity contribution in [3.8, 4) is 0 Å². The number of carbonyl (C=O) groups excluding carboxylic acids is 2. The van der Waals surface area contributed by atoms with Crippen LogP contribution in [-0.2, 0) is 4.79 Å². The molecule has 0 unspecified atom stereocenters. The Morgan fingerprint density at radius 2 is 1.83 bits per heavy atom.